The Morgan fingerprint density at radius 3 is 2.25 bits per heavy atom. The van der Waals surface area contributed by atoms with E-state index in [1.807, 2.05) is 38.1 Å². The molecule has 0 bridgehead atoms. The molecule has 0 saturated carbocycles. The molecule has 0 aliphatic carbocycles. The summed E-state index contributed by atoms with van der Waals surface area (Å²) in [4.78, 5) is 28.1. The maximum atomic E-state index is 13.7. The number of nitrogens with one attached hydrogen (secondary N) is 1. The first-order chi connectivity index (χ1) is 17.0. The van der Waals surface area contributed by atoms with Gasteiger partial charge in [0.15, 0.2) is 0 Å². The van der Waals surface area contributed by atoms with Crippen molar-refractivity contribution in [1.29, 1.82) is 0 Å². The van der Waals surface area contributed by atoms with Crippen LogP contribution in [0, 0.1) is 0 Å². The quantitative estimate of drug-likeness (QED) is 0.435. The van der Waals surface area contributed by atoms with Gasteiger partial charge in [0, 0.05) is 13.1 Å². The Balaban J connectivity index is 2.43. The summed E-state index contributed by atoms with van der Waals surface area (Å²) in [5.41, 5.74) is 2.24. The van der Waals surface area contributed by atoms with E-state index in [9.17, 15) is 18.0 Å². The van der Waals surface area contributed by atoms with E-state index in [4.69, 9.17) is 4.74 Å². The molecule has 0 aliphatic rings. The maximum absolute atomic E-state index is 13.7. The van der Waals surface area contributed by atoms with Crippen LogP contribution in [0.25, 0.3) is 0 Å². The minimum atomic E-state index is -3.76. The summed E-state index contributed by atoms with van der Waals surface area (Å²) in [6.45, 7) is 8.11. The van der Waals surface area contributed by atoms with Gasteiger partial charge >= 0.3 is 0 Å². The summed E-state index contributed by atoms with van der Waals surface area (Å²) >= 11 is 0. The molecule has 2 aromatic rings. The number of anilines is 1. The molecule has 0 heterocycles. The van der Waals surface area contributed by atoms with Crippen molar-refractivity contribution in [3.05, 3.63) is 59.7 Å². The van der Waals surface area contributed by atoms with Crippen LogP contribution in [0.3, 0.4) is 0 Å². The largest absolute Gasteiger partial charge is 0.497 e. The lowest BCUT2D eigenvalue weighted by Crippen LogP contribution is -2.52. The van der Waals surface area contributed by atoms with Gasteiger partial charge in [-0.25, -0.2) is 8.42 Å². The number of carbonyl (C=O) groups is 2. The molecule has 36 heavy (non-hydrogen) atoms. The van der Waals surface area contributed by atoms with E-state index in [0.29, 0.717) is 24.4 Å². The van der Waals surface area contributed by atoms with Crippen molar-refractivity contribution in [1.82, 2.24) is 10.2 Å². The number of ether oxygens (including phenoxy) is 1. The Bertz CT molecular complexity index is 1120. The van der Waals surface area contributed by atoms with Crippen molar-refractivity contribution in [2.75, 3.05) is 30.8 Å². The number of rotatable bonds is 13. The molecule has 198 valence electrons. The Kier molecular flexibility index (Phi) is 10.8. The Labute approximate surface area is 215 Å². The van der Waals surface area contributed by atoms with Gasteiger partial charge in [-0.3, -0.25) is 13.9 Å². The van der Waals surface area contributed by atoms with E-state index < -0.39 is 28.5 Å². The second-order valence-electron chi connectivity index (χ2n) is 9.10. The number of hydrogen-bond donors (Lipinski definition) is 1. The molecule has 2 amide bonds. The fourth-order valence-corrected chi connectivity index (χ4v) is 4.74. The number of nitrogens with zero attached hydrogens (tertiary/aromatic N) is 2. The van der Waals surface area contributed by atoms with Crippen LogP contribution in [0.15, 0.2) is 48.5 Å². The zero-order valence-electron chi connectivity index (χ0n) is 22.2. The highest BCUT2D eigenvalue weighted by molar-refractivity contribution is 7.92. The highest BCUT2D eigenvalue weighted by Gasteiger charge is 2.31. The molecule has 0 aromatic heterocycles. The van der Waals surface area contributed by atoms with Gasteiger partial charge in [0.25, 0.3) is 0 Å². The van der Waals surface area contributed by atoms with E-state index in [1.54, 1.807) is 31.4 Å². The minimum Gasteiger partial charge on any atom is -0.497 e. The van der Waals surface area contributed by atoms with E-state index in [2.05, 4.69) is 19.2 Å². The van der Waals surface area contributed by atoms with Gasteiger partial charge in [-0.2, -0.15) is 0 Å². The molecule has 0 aliphatic heterocycles. The molecule has 0 saturated heterocycles. The van der Waals surface area contributed by atoms with Crippen molar-refractivity contribution in [2.45, 2.75) is 59.0 Å². The first-order valence-electron chi connectivity index (χ1n) is 12.3. The molecule has 1 atom stereocenters. The van der Waals surface area contributed by atoms with Gasteiger partial charge in [-0.15, -0.1) is 0 Å². The molecule has 0 fully saturated rings. The lowest BCUT2D eigenvalue weighted by atomic mass is 10.0. The van der Waals surface area contributed by atoms with Crippen LogP contribution in [-0.4, -0.2) is 57.6 Å². The van der Waals surface area contributed by atoms with Gasteiger partial charge in [-0.1, -0.05) is 52.0 Å². The van der Waals surface area contributed by atoms with Crippen LogP contribution in [-0.2, 0) is 26.2 Å². The number of hydrogen-bond acceptors (Lipinski definition) is 5. The standard InChI is InChI=1S/C27H39N3O5S/c1-7-16-28-27(32)25(8-2)29(18-21-10-9-11-24(17-21)35-5)26(31)19-30(36(6,33)34)23-14-12-22(13-15-23)20(3)4/h9-15,17,20,25H,7-8,16,18-19H2,1-6H3,(H,28,32). The Hall–Kier alpha value is -3.07. The van der Waals surface area contributed by atoms with Crippen molar-refractivity contribution in [2.24, 2.45) is 0 Å². The topological polar surface area (TPSA) is 96.0 Å². The summed E-state index contributed by atoms with van der Waals surface area (Å²) in [6.07, 6.45) is 2.22. The monoisotopic (exact) mass is 517 g/mol. The Morgan fingerprint density at radius 1 is 1.06 bits per heavy atom. The molecule has 9 heteroatoms. The molecule has 2 aromatic carbocycles. The van der Waals surface area contributed by atoms with E-state index in [1.165, 1.54) is 4.90 Å². The zero-order chi connectivity index (χ0) is 26.9. The van der Waals surface area contributed by atoms with Crippen LogP contribution in [0.5, 0.6) is 5.75 Å². The van der Waals surface area contributed by atoms with Crippen molar-refractivity contribution in [3.63, 3.8) is 0 Å². The highest BCUT2D eigenvalue weighted by atomic mass is 32.2. The van der Waals surface area contributed by atoms with Gasteiger partial charge in [0.1, 0.15) is 18.3 Å². The Morgan fingerprint density at radius 2 is 1.72 bits per heavy atom. The average molecular weight is 518 g/mol. The SMILES string of the molecule is CCCNC(=O)C(CC)N(Cc1cccc(OC)c1)C(=O)CN(c1ccc(C(C)C)cc1)S(C)(=O)=O. The van der Waals surface area contributed by atoms with Crippen molar-refractivity contribution >= 4 is 27.5 Å². The van der Waals surface area contributed by atoms with Crippen LogP contribution in [0.1, 0.15) is 57.6 Å². The third-order valence-corrected chi connectivity index (χ3v) is 7.09. The third-order valence-electron chi connectivity index (χ3n) is 5.95. The van der Waals surface area contributed by atoms with Gasteiger partial charge < -0.3 is 15.0 Å². The van der Waals surface area contributed by atoms with E-state index >= 15 is 0 Å². The van der Waals surface area contributed by atoms with Crippen molar-refractivity contribution in [3.8, 4) is 5.75 Å². The second kappa shape index (κ2) is 13.3. The molecule has 0 spiro atoms. The van der Waals surface area contributed by atoms with Crippen LogP contribution in [0.2, 0.25) is 0 Å². The van der Waals surface area contributed by atoms with Crippen molar-refractivity contribution < 1.29 is 22.7 Å². The number of carbonyl (C=O) groups excluding carboxylic acids is 2. The summed E-state index contributed by atoms with van der Waals surface area (Å²) in [7, 11) is -2.21. The smallest absolute Gasteiger partial charge is 0.244 e. The van der Waals surface area contributed by atoms with E-state index in [-0.39, 0.29) is 18.4 Å². The molecule has 8 nitrogen and oxygen atoms in total. The summed E-state index contributed by atoms with van der Waals surface area (Å²) in [5.74, 6) is 0.196. The summed E-state index contributed by atoms with van der Waals surface area (Å²) in [6, 6.07) is 13.7. The molecular formula is C27H39N3O5S. The van der Waals surface area contributed by atoms with Gasteiger partial charge in [0.05, 0.1) is 19.1 Å². The van der Waals surface area contributed by atoms with E-state index in [0.717, 1.165) is 28.1 Å². The number of benzene rings is 2. The fourth-order valence-electron chi connectivity index (χ4n) is 3.89. The molecular weight excluding hydrogens is 478 g/mol. The average Bonchev–Trinajstić information content (AvgIpc) is 2.85. The lowest BCUT2D eigenvalue weighted by Gasteiger charge is -2.33. The van der Waals surface area contributed by atoms with Gasteiger partial charge in [0.2, 0.25) is 21.8 Å². The third kappa shape index (κ3) is 7.98. The number of amides is 2. The zero-order valence-corrected chi connectivity index (χ0v) is 23.0. The molecule has 0 radical (unpaired) electrons. The highest BCUT2D eigenvalue weighted by Crippen LogP contribution is 2.23. The molecule has 2 rings (SSSR count). The molecule has 1 N–H and O–H groups in total. The first kappa shape index (κ1) is 29.2. The molecule has 1 unspecified atom stereocenters. The first-order valence-corrected chi connectivity index (χ1v) is 14.1. The summed E-state index contributed by atoms with van der Waals surface area (Å²) < 4.78 is 31.8. The normalized spacial score (nSPS) is 12.2. The fraction of sp³-hybridized carbons (Fsp3) is 0.481. The lowest BCUT2D eigenvalue weighted by molar-refractivity contribution is -0.140. The predicted octanol–water partition coefficient (Wildman–Crippen LogP) is 3.92. The number of methoxy groups -OCH3 is 1. The minimum absolute atomic E-state index is 0.137. The van der Waals surface area contributed by atoms with Gasteiger partial charge in [-0.05, 0) is 54.2 Å². The number of sulfonamides is 1. The second-order valence-corrected chi connectivity index (χ2v) is 11.0. The van der Waals surface area contributed by atoms with Crippen LogP contribution < -0.4 is 14.4 Å². The maximum Gasteiger partial charge on any atom is 0.244 e. The predicted molar refractivity (Wildman–Crippen MR) is 144 cm³/mol. The summed E-state index contributed by atoms with van der Waals surface area (Å²) in [5, 5.41) is 2.87. The van der Waals surface area contributed by atoms with Crippen LogP contribution >= 0.6 is 0 Å². The van der Waals surface area contributed by atoms with Crippen LogP contribution in [0.4, 0.5) is 5.69 Å².